The number of aromatic nitrogens is 2. The molecule has 0 amide bonds. The first kappa shape index (κ1) is 14.2. The fourth-order valence-corrected chi connectivity index (χ4v) is 2.64. The molecule has 116 valence electrons. The Labute approximate surface area is 138 Å². The van der Waals surface area contributed by atoms with Gasteiger partial charge in [-0.05, 0) is 60.7 Å². The molecule has 0 aliphatic carbocycles. The van der Waals surface area contributed by atoms with Gasteiger partial charge in [0, 0.05) is 11.1 Å². The van der Waals surface area contributed by atoms with Gasteiger partial charge in [0.2, 0.25) is 0 Å². The third kappa shape index (κ3) is 2.54. The molecule has 0 saturated carbocycles. The summed E-state index contributed by atoms with van der Waals surface area (Å²) in [4.78, 5) is 9.53. The lowest BCUT2D eigenvalue weighted by Gasteiger charge is -2.10. The molecular weight excluding hydrogens is 300 g/mol. The predicted molar refractivity (Wildman–Crippen MR) is 93.7 cm³/mol. The highest BCUT2D eigenvalue weighted by Crippen LogP contribution is 2.32. The summed E-state index contributed by atoms with van der Waals surface area (Å²) in [7, 11) is 0. The third-order valence-corrected chi connectivity index (χ3v) is 3.85. The molecule has 3 aromatic carbocycles. The fraction of sp³-hybridized carbons (Fsp3) is 0. The van der Waals surface area contributed by atoms with E-state index in [0.717, 1.165) is 33.5 Å². The summed E-state index contributed by atoms with van der Waals surface area (Å²) >= 11 is 0. The molecule has 1 heterocycles. The first-order chi connectivity index (χ1) is 11.7. The van der Waals surface area contributed by atoms with Crippen LogP contribution >= 0.6 is 0 Å². The Morgan fingerprint density at radius 2 is 0.875 bits per heavy atom. The van der Waals surface area contributed by atoms with Crippen molar-refractivity contribution in [2.24, 2.45) is 0 Å². The fourth-order valence-electron chi connectivity index (χ4n) is 2.64. The minimum atomic E-state index is 0.207. The van der Waals surface area contributed by atoms with E-state index in [1.54, 1.807) is 24.3 Å². The molecule has 24 heavy (non-hydrogen) atoms. The van der Waals surface area contributed by atoms with E-state index in [2.05, 4.69) is 0 Å². The van der Waals surface area contributed by atoms with Crippen molar-refractivity contribution in [1.82, 2.24) is 9.97 Å². The molecule has 0 spiro atoms. The second-order valence-electron chi connectivity index (χ2n) is 5.50. The molecule has 4 nitrogen and oxygen atoms in total. The number of hydrogen-bond acceptors (Lipinski definition) is 4. The molecule has 0 radical (unpaired) electrons. The van der Waals surface area contributed by atoms with E-state index in [1.165, 1.54) is 0 Å². The number of phenols is 2. The Morgan fingerprint density at radius 3 is 1.25 bits per heavy atom. The molecule has 4 aromatic rings. The molecule has 0 aliphatic heterocycles. The van der Waals surface area contributed by atoms with Gasteiger partial charge in [-0.2, -0.15) is 0 Å². The van der Waals surface area contributed by atoms with Crippen LogP contribution in [-0.4, -0.2) is 20.2 Å². The second kappa shape index (κ2) is 5.66. The molecule has 0 bridgehead atoms. The van der Waals surface area contributed by atoms with Gasteiger partial charge in [0.05, 0.1) is 22.4 Å². The standard InChI is InChI=1S/C20H14N2O2/c23-15-9-5-13(6-10-15)19-20(14-7-11-16(24)12-8-14)22-18-4-2-1-3-17(18)21-19/h1-12,23-24H. The third-order valence-electron chi connectivity index (χ3n) is 3.85. The zero-order valence-corrected chi connectivity index (χ0v) is 12.7. The van der Waals surface area contributed by atoms with E-state index in [0.29, 0.717) is 0 Å². The molecule has 2 N–H and O–H groups in total. The monoisotopic (exact) mass is 314 g/mol. The van der Waals surface area contributed by atoms with Crippen LogP contribution < -0.4 is 0 Å². The predicted octanol–water partition coefficient (Wildman–Crippen LogP) is 4.38. The number of rotatable bonds is 2. The summed E-state index contributed by atoms with van der Waals surface area (Å²) in [6, 6.07) is 21.5. The zero-order chi connectivity index (χ0) is 16.5. The molecular formula is C20H14N2O2. The maximum absolute atomic E-state index is 9.53. The van der Waals surface area contributed by atoms with Gasteiger partial charge in [-0.15, -0.1) is 0 Å². The Kier molecular flexibility index (Phi) is 3.35. The molecule has 0 saturated heterocycles. The first-order valence-electron chi connectivity index (χ1n) is 7.56. The van der Waals surface area contributed by atoms with Crippen LogP contribution in [0.3, 0.4) is 0 Å². The van der Waals surface area contributed by atoms with Gasteiger partial charge in [0.25, 0.3) is 0 Å². The van der Waals surface area contributed by atoms with E-state index < -0.39 is 0 Å². The van der Waals surface area contributed by atoms with E-state index in [9.17, 15) is 10.2 Å². The van der Waals surface area contributed by atoms with Crippen LogP contribution in [0.5, 0.6) is 11.5 Å². The van der Waals surface area contributed by atoms with Crippen molar-refractivity contribution in [3.63, 3.8) is 0 Å². The average molecular weight is 314 g/mol. The van der Waals surface area contributed by atoms with E-state index >= 15 is 0 Å². The van der Waals surface area contributed by atoms with Crippen LogP contribution in [0, 0.1) is 0 Å². The van der Waals surface area contributed by atoms with Crippen molar-refractivity contribution < 1.29 is 10.2 Å². The molecule has 0 atom stereocenters. The molecule has 1 aromatic heterocycles. The van der Waals surface area contributed by atoms with Gasteiger partial charge in [-0.3, -0.25) is 0 Å². The maximum Gasteiger partial charge on any atom is 0.115 e. The summed E-state index contributed by atoms with van der Waals surface area (Å²) in [5, 5.41) is 19.1. The molecule has 4 rings (SSSR count). The number of aromatic hydroxyl groups is 2. The number of benzene rings is 3. The number of hydrogen-bond donors (Lipinski definition) is 2. The lowest BCUT2D eigenvalue weighted by Crippen LogP contribution is -1.95. The highest BCUT2D eigenvalue weighted by molar-refractivity contribution is 5.86. The normalized spacial score (nSPS) is 10.8. The van der Waals surface area contributed by atoms with Gasteiger partial charge in [0.15, 0.2) is 0 Å². The number of para-hydroxylation sites is 2. The van der Waals surface area contributed by atoms with Gasteiger partial charge < -0.3 is 10.2 Å². The van der Waals surface area contributed by atoms with E-state index in [-0.39, 0.29) is 11.5 Å². The number of phenolic OH excluding ortho intramolecular Hbond substituents is 2. The van der Waals surface area contributed by atoms with Crippen molar-refractivity contribution >= 4 is 11.0 Å². The van der Waals surface area contributed by atoms with Crippen LogP contribution in [-0.2, 0) is 0 Å². The van der Waals surface area contributed by atoms with Gasteiger partial charge in [-0.1, -0.05) is 12.1 Å². The van der Waals surface area contributed by atoms with E-state index in [4.69, 9.17) is 9.97 Å². The van der Waals surface area contributed by atoms with E-state index in [1.807, 2.05) is 48.5 Å². The first-order valence-corrected chi connectivity index (χ1v) is 7.56. The lowest BCUT2D eigenvalue weighted by molar-refractivity contribution is 0.475. The lowest BCUT2D eigenvalue weighted by atomic mass is 10.0. The van der Waals surface area contributed by atoms with Crippen LogP contribution in [0.2, 0.25) is 0 Å². The summed E-state index contributed by atoms with van der Waals surface area (Å²) in [6.07, 6.45) is 0. The Bertz CT molecular complexity index is 926. The summed E-state index contributed by atoms with van der Waals surface area (Å²) < 4.78 is 0. The highest BCUT2D eigenvalue weighted by Gasteiger charge is 2.13. The Balaban J connectivity index is 2.00. The van der Waals surface area contributed by atoms with Crippen molar-refractivity contribution in [1.29, 1.82) is 0 Å². The van der Waals surface area contributed by atoms with Crippen LogP contribution in [0.1, 0.15) is 0 Å². The average Bonchev–Trinajstić information content (AvgIpc) is 2.62. The number of fused-ring (bicyclic) bond motifs is 1. The maximum atomic E-state index is 9.53. The molecule has 0 fully saturated rings. The smallest absolute Gasteiger partial charge is 0.115 e. The topological polar surface area (TPSA) is 66.2 Å². The molecule has 0 aliphatic rings. The van der Waals surface area contributed by atoms with Crippen molar-refractivity contribution in [3.8, 4) is 34.0 Å². The highest BCUT2D eigenvalue weighted by atomic mass is 16.3. The summed E-state index contributed by atoms with van der Waals surface area (Å²) in [5.74, 6) is 0.414. The minimum Gasteiger partial charge on any atom is -0.508 e. The van der Waals surface area contributed by atoms with Crippen molar-refractivity contribution in [2.45, 2.75) is 0 Å². The van der Waals surface area contributed by atoms with Crippen molar-refractivity contribution in [2.75, 3.05) is 0 Å². The van der Waals surface area contributed by atoms with Crippen molar-refractivity contribution in [3.05, 3.63) is 72.8 Å². The molecule has 4 heteroatoms. The quantitative estimate of drug-likeness (QED) is 0.576. The zero-order valence-electron chi connectivity index (χ0n) is 12.7. The summed E-state index contributed by atoms with van der Waals surface area (Å²) in [5.41, 5.74) is 4.83. The van der Waals surface area contributed by atoms with Gasteiger partial charge >= 0.3 is 0 Å². The summed E-state index contributed by atoms with van der Waals surface area (Å²) in [6.45, 7) is 0. The largest absolute Gasteiger partial charge is 0.508 e. The van der Waals surface area contributed by atoms with Crippen LogP contribution in [0.25, 0.3) is 33.5 Å². The SMILES string of the molecule is Oc1ccc(-c2nc3ccccc3nc2-c2ccc(O)cc2)cc1. The Hall–Kier alpha value is -3.40. The van der Waals surface area contributed by atoms with Crippen LogP contribution in [0.4, 0.5) is 0 Å². The Morgan fingerprint density at radius 1 is 0.500 bits per heavy atom. The minimum absolute atomic E-state index is 0.207. The number of nitrogens with zero attached hydrogens (tertiary/aromatic N) is 2. The van der Waals surface area contributed by atoms with Gasteiger partial charge in [0.1, 0.15) is 11.5 Å². The van der Waals surface area contributed by atoms with Crippen LogP contribution in [0.15, 0.2) is 72.8 Å². The molecule has 0 unspecified atom stereocenters. The van der Waals surface area contributed by atoms with Gasteiger partial charge in [-0.25, -0.2) is 9.97 Å². The second-order valence-corrected chi connectivity index (χ2v) is 5.50.